The molecule has 184 valence electrons. The highest BCUT2D eigenvalue weighted by molar-refractivity contribution is 5.94. The van der Waals surface area contributed by atoms with Gasteiger partial charge in [0.15, 0.2) is 0 Å². The summed E-state index contributed by atoms with van der Waals surface area (Å²) < 4.78 is 8.83. The fraction of sp³-hybridized carbons (Fsp3) is 0. The van der Waals surface area contributed by atoms with E-state index in [0.29, 0.717) is 5.69 Å². The number of nitrogens with zero attached hydrogens (tertiary/aromatic N) is 6. The van der Waals surface area contributed by atoms with Crippen molar-refractivity contribution in [3.8, 4) is 11.4 Å². The van der Waals surface area contributed by atoms with E-state index in [1.54, 1.807) is 0 Å². The maximum atomic E-state index is 6.62. The number of anilines is 1. The lowest BCUT2D eigenvalue weighted by Gasteiger charge is -2.12. The second kappa shape index (κ2) is 7.26. The Morgan fingerprint density at radius 1 is 0.436 bits per heavy atom. The van der Waals surface area contributed by atoms with E-state index in [2.05, 4.69) is 109 Å². The fourth-order valence-corrected chi connectivity index (χ4v) is 6.09. The Hall–Kier alpha value is -5.56. The molecule has 0 aliphatic carbocycles. The Morgan fingerprint density at radius 3 is 1.28 bits per heavy atom. The molecule has 9 aromatic rings. The number of nitrogens with two attached hydrogens (primary N) is 1. The minimum Gasteiger partial charge on any atom is -0.399 e. The average Bonchev–Trinajstić information content (AvgIpc) is 3.68. The number of aromatic nitrogens is 6. The van der Waals surface area contributed by atoms with Crippen LogP contribution in [0.15, 0.2) is 115 Å². The molecule has 9 rings (SSSR count). The summed E-state index contributed by atoms with van der Waals surface area (Å²) in [4.78, 5) is 10.1. The van der Waals surface area contributed by atoms with Gasteiger partial charge in [-0.15, -0.1) is 0 Å². The third kappa shape index (κ3) is 2.65. The Bertz CT molecular complexity index is 2250. The Balaban J connectivity index is 1.40. The van der Waals surface area contributed by atoms with Crippen molar-refractivity contribution in [1.29, 1.82) is 0 Å². The first kappa shape index (κ1) is 20.5. The van der Waals surface area contributed by atoms with Gasteiger partial charge in [0.1, 0.15) is 0 Å². The van der Waals surface area contributed by atoms with Crippen LogP contribution >= 0.6 is 0 Å². The van der Waals surface area contributed by atoms with Gasteiger partial charge in [0.05, 0.1) is 55.5 Å². The van der Waals surface area contributed by atoms with Crippen LogP contribution in [0.5, 0.6) is 0 Å². The monoisotopic (exact) mass is 503 g/mol. The molecule has 4 heterocycles. The predicted molar refractivity (Wildman–Crippen MR) is 157 cm³/mol. The van der Waals surface area contributed by atoms with E-state index in [9.17, 15) is 0 Å². The number of hydrogen-bond acceptors (Lipinski definition) is 3. The van der Waals surface area contributed by atoms with E-state index in [1.165, 1.54) is 0 Å². The molecule has 39 heavy (non-hydrogen) atoms. The molecule has 0 amide bonds. The first-order chi connectivity index (χ1) is 19.3. The van der Waals surface area contributed by atoms with Crippen LogP contribution in [0.25, 0.3) is 67.1 Å². The minimum atomic E-state index is 0.668. The molecule has 0 spiro atoms. The lowest BCUT2D eigenvalue weighted by Crippen LogP contribution is -2.02. The first-order valence-corrected chi connectivity index (χ1v) is 12.9. The summed E-state index contributed by atoms with van der Waals surface area (Å²) in [6.45, 7) is 0. The largest absolute Gasteiger partial charge is 0.399 e. The van der Waals surface area contributed by atoms with Crippen LogP contribution in [0.2, 0.25) is 0 Å². The zero-order chi connectivity index (χ0) is 25.7. The summed E-state index contributed by atoms with van der Waals surface area (Å²) in [7, 11) is 0. The molecule has 5 aromatic carbocycles. The van der Waals surface area contributed by atoms with E-state index in [-0.39, 0.29) is 0 Å². The SMILES string of the molecule is Nc1cc(-n2c3ccccc3n3c4ccccc4nc23)cc(-n2c3ccccc3n3c4ccccc4nc23)c1. The van der Waals surface area contributed by atoms with E-state index in [1.807, 2.05) is 24.3 Å². The zero-order valence-corrected chi connectivity index (χ0v) is 20.7. The standard InChI is InChI=1S/C32H21N7/c33-20-17-21(36-27-13-5-7-15-29(27)38-25-11-3-1-9-23(25)34-31(36)38)19-22(18-20)37-28-14-6-8-16-30(28)39-26-12-4-2-10-24(26)35-32(37)39/h1-19H,33H2. The molecule has 0 bridgehead atoms. The van der Waals surface area contributed by atoms with Crippen LogP contribution in [0, 0.1) is 0 Å². The molecule has 0 radical (unpaired) electrons. The molecule has 2 N–H and O–H groups in total. The minimum absolute atomic E-state index is 0.668. The number of nitrogen functional groups attached to an aromatic ring is 1. The van der Waals surface area contributed by atoms with Crippen molar-refractivity contribution in [2.24, 2.45) is 0 Å². The van der Waals surface area contributed by atoms with Crippen molar-refractivity contribution in [1.82, 2.24) is 27.9 Å². The van der Waals surface area contributed by atoms with Gasteiger partial charge in [0.25, 0.3) is 0 Å². The molecule has 7 nitrogen and oxygen atoms in total. The van der Waals surface area contributed by atoms with Crippen molar-refractivity contribution < 1.29 is 0 Å². The highest BCUT2D eigenvalue weighted by atomic mass is 15.2. The molecule has 4 aromatic heterocycles. The molecule has 0 saturated heterocycles. The summed E-state index contributed by atoms with van der Waals surface area (Å²) in [6, 6.07) is 39.5. The Morgan fingerprint density at radius 2 is 0.821 bits per heavy atom. The highest BCUT2D eigenvalue weighted by Crippen LogP contribution is 2.33. The highest BCUT2D eigenvalue weighted by Gasteiger charge is 2.20. The van der Waals surface area contributed by atoms with E-state index >= 15 is 0 Å². The van der Waals surface area contributed by atoms with E-state index in [4.69, 9.17) is 15.7 Å². The summed E-state index contributed by atoms with van der Waals surface area (Å²) in [5, 5.41) is 0. The zero-order valence-electron chi connectivity index (χ0n) is 20.7. The second-order valence-corrected chi connectivity index (χ2v) is 9.90. The number of rotatable bonds is 2. The summed E-state index contributed by atoms with van der Waals surface area (Å²) >= 11 is 0. The van der Waals surface area contributed by atoms with Gasteiger partial charge in [0.2, 0.25) is 11.6 Å². The van der Waals surface area contributed by atoms with Crippen LogP contribution in [0.4, 0.5) is 5.69 Å². The maximum Gasteiger partial charge on any atom is 0.220 e. The van der Waals surface area contributed by atoms with Crippen molar-refractivity contribution in [2.45, 2.75) is 0 Å². The fourth-order valence-electron chi connectivity index (χ4n) is 6.09. The van der Waals surface area contributed by atoms with Crippen molar-refractivity contribution >= 4 is 61.4 Å². The van der Waals surface area contributed by atoms with Crippen LogP contribution in [0.3, 0.4) is 0 Å². The topological polar surface area (TPSA) is 70.5 Å². The molecule has 0 aliphatic rings. The lowest BCUT2D eigenvalue weighted by atomic mass is 10.2. The molecule has 7 heteroatoms. The van der Waals surface area contributed by atoms with E-state index in [0.717, 1.165) is 67.1 Å². The van der Waals surface area contributed by atoms with Crippen molar-refractivity contribution in [3.63, 3.8) is 0 Å². The average molecular weight is 504 g/mol. The van der Waals surface area contributed by atoms with Crippen molar-refractivity contribution in [3.05, 3.63) is 115 Å². The van der Waals surface area contributed by atoms with Crippen LogP contribution in [-0.2, 0) is 0 Å². The quantitative estimate of drug-likeness (QED) is 0.265. The normalized spacial score (nSPS) is 12.2. The van der Waals surface area contributed by atoms with E-state index < -0.39 is 0 Å². The van der Waals surface area contributed by atoms with Gasteiger partial charge in [-0.2, -0.15) is 0 Å². The van der Waals surface area contributed by atoms with Crippen LogP contribution in [0.1, 0.15) is 0 Å². The Kier molecular flexibility index (Phi) is 3.82. The van der Waals surface area contributed by atoms with Gasteiger partial charge in [-0.25, -0.2) is 9.97 Å². The second-order valence-electron chi connectivity index (χ2n) is 9.90. The van der Waals surface area contributed by atoms with Gasteiger partial charge in [0, 0.05) is 5.69 Å². The van der Waals surface area contributed by atoms with Gasteiger partial charge in [-0.3, -0.25) is 17.9 Å². The third-order valence-corrected chi connectivity index (χ3v) is 7.65. The molecular weight excluding hydrogens is 482 g/mol. The molecule has 0 aliphatic heterocycles. The molecule has 0 saturated carbocycles. The summed E-state index contributed by atoms with van der Waals surface area (Å²) in [5.41, 5.74) is 17.6. The number of benzene rings is 5. The Labute approximate surface area is 221 Å². The number of imidazole rings is 4. The van der Waals surface area contributed by atoms with Gasteiger partial charge < -0.3 is 5.73 Å². The molecule has 0 unspecified atom stereocenters. The van der Waals surface area contributed by atoms with Crippen molar-refractivity contribution in [2.75, 3.05) is 5.73 Å². The van der Waals surface area contributed by atoms with Gasteiger partial charge in [-0.1, -0.05) is 48.5 Å². The van der Waals surface area contributed by atoms with Crippen LogP contribution < -0.4 is 5.73 Å². The number of hydrogen-bond donors (Lipinski definition) is 1. The van der Waals surface area contributed by atoms with Crippen LogP contribution in [-0.4, -0.2) is 27.9 Å². The first-order valence-electron chi connectivity index (χ1n) is 12.9. The lowest BCUT2D eigenvalue weighted by molar-refractivity contribution is 1.08. The number of para-hydroxylation sites is 8. The third-order valence-electron chi connectivity index (χ3n) is 7.65. The molecule has 0 atom stereocenters. The smallest absolute Gasteiger partial charge is 0.220 e. The van der Waals surface area contributed by atoms with Gasteiger partial charge in [-0.05, 0) is 66.7 Å². The molecule has 0 fully saturated rings. The predicted octanol–water partition coefficient (Wildman–Crippen LogP) is 6.76. The molecular formula is C32H21N7. The maximum absolute atomic E-state index is 6.62. The van der Waals surface area contributed by atoms with Gasteiger partial charge >= 0.3 is 0 Å². The summed E-state index contributed by atoms with van der Waals surface area (Å²) in [6.07, 6.45) is 0. The summed E-state index contributed by atoms with van der Waals surface area (Å²) in [5.74, 6) is 1.70. The number of fused-ring (bicyclic) bond motifs is 10.